The van der Waals surface area contributed by atoms with E-state index in [-0.39, 0.29) is 12.2 Å². The zero-order valence-corrected chi connectivity index (χ0v) is 9.40. The molecule has 0 aromatic carbocycles. The van der Waals surface area contributed by atoms with Gasteiger partial charge in [-0.2, -0.15) is 0 Å². The summed E-state index contributed by atoms with van der Waals surface area (Å²) in [6.45, 7) is 4.86. The molecule has 0 aromatic rings. The maximum Gasteiger partial charge on any atom is 0.0971 e. The van der Waals surface area contributed by atoms with Gasteiger partial charge in [-0.25, -0.2) is 0 Å². The highest BCUT2D eigenvalue weighted by atomic mass is 16.5. The fourth-order valence-corrected chi connectivity index (χ4v) is 2.01. The number of nitrogens with zero attached hydrogens (tertiary/aromatic N) is 1. The topological polar surface area (TPSA) is 47.7 Å². The minimum absolute atomic E-state index is 0.209. The Morgan fingerprint density at radius 2 is 1.79 bits per heavy atom. The molecule has 1 fully saturated rings. The number of rotatable bonds is 5. The summed E-state index contributed by atoms with van der Waals surface area (Å²) in [6, 6.07) is 0.526. The zero-order valence-electron chi connectivity index (χ0n) is 9.40. The second kappa shape index (κ2) is 5.66. The third-order valence-corrected chi connectivity index (χ3v) is 3.06. The van der Waals surface area contributed by atoms with Crippen molar-refractivity contribution in [3.63, 3.8) is 0 Å². The van der Waals surface area contributed by atoms with Crippen molar-refractivity contribution in [3.05, 3.63) is 0 Å². The molecule has 1 saturated heterocycles. The van der Waals surface area contributed by atoms with Crippen LogP contribution in [-0.2, 0) is 9.47 Å². The van der Waals surface area contributed by atoms with Gasteiger partial charge < -0.3 is 15.2 Å². The number of nitrogens with two attached hydrogens (primary N) is 1. The van der Waals surface area contributed by atoms with Gasteiger partial charge in [0, 0.05) is 33.4 Å². The van der Waals surface area contributed by atoms with Crippen LogP contribution in [0.1, 0.15) is 13.3 Å². The number of methoxy groups -OCH3 is 2. The predicted molar refractivity (Wildman–Crippen MR) is 56.3 cm³/mol. The Morgan fingerprint density at radius 1 is 1.29 bits per heavy atom. The van der Waals surface area contributed by atoms with Gasteiger partial charge in [0.1, 0.15) is 0 Å². The van der Waals surface area contributed by atoms with Crippen LogP contribution in [0.4, 0.5) is 0 Å². The van der Waals surface area contributed by atoms with Gasteiger partial charge in [0.2, 0.25) is 0 Å². The van der Waals surface area contributed by atoms with Crippen LogP contribution in [0, 0.1) is 0 Å². The summed E-state index contributed by atoms with van der Waals surface area (Å²) in [5, 5.41) is 0. The molecule has 3 atom stereocenters. The summed E-state index contributed by atoms with van der Waals surface area (Å²) in [4.78, 5) is 2.38. The van der Waals surface area contributed by atoms with Gasteiger partial charge in [0.05, 0.1) is 12.2 Å². The third kappa shape index (κ3) is 2.67. The van der Waals surface area contributed by atoms with Crippen molar-refractivity contribution in [2.75, 3.05) is 33.9 Å². The van der Waals surface area contributed by atoms with Gasteiger partial charge in [-0.05, 0) is 19.9 Å². The van der Waals surface area contributed by atoms with Gasteiger partial charge in [-0.1, -0.05) is 0 Å². The van der Waals surface area contributed by atoms with Gasteiger partial charge in [0.15, 0.2) is 0 Å². The van der Waals surface area contributed by atoms with E-state index in [0.717, 1.165) is 26.1 Å². The molecule has 4 nitrogen and oxygen atoms in total. The molecule has 1 heterocycles. The Bertz CT molecular complexity index is 154. The van der Waals surface area contributed by atoms with E-state index >= 15 is 0 Å². The molecule has 0 bridgehead atoms. The minimum atomic E-state index is 0.209. The molecule has 0 amide bonds. The molecule has 0 radical (unpaired) electrons. The summed E-state index contributed by atoms with van der Waals surface area (Å²) in [6.07, 6.45) is 1.45. The lowest BCUT2D eigenvalue weighted by molar-refractivity contribution is -0.00461. The van der Waals surface area contributed by atoms with Crippen LogP contribution in [0.3, 0.4) is 0 Å². The number of likely N-dealkylation sites (tertiary alicyclic amines) is 1. The normalized spacial score (nSPS) is 30.9. The predicted octanol–water partition coefficient (Wildman–Crippen LogP) is 0.0693. The van der Waals surface area contributed by atoms with Gasteiger partial charge in [0.25, 0.3) is 0 Å². The first-order chi connectivity index (χ1) is 6.72. The average molecular weight is 202 g/mol. The SMILES string of the molecule is COC1CN(C(C)CCN)CC1OC. The number of ether oxygens (including phenoxy) is 2. The Hall–Kier alpha value is -0.160. The molecule has 1 aliphatic heterocycles. The average Bonchev–Trinajstić information content (AvgIpc) is 2.61. The standard InChI is InChI=1S/C10H22N2O2/c1-8(4-5-11)12-6-9(13-2)10(7-12)14-3/h8-10H,4-7,11H2,1-3H3. The quantitative estimate of drug-likeness (QED) is 0.685. The van der Waals surface area contributed by atoms with Crippen molar-refractivity contribution >= 4 is 0 Å². The third-order valence-electron chi connectivity index (χ3n) is 3.06. The molecular weight excluding hydrogens is 180 g/mol. The van der Waals surface area contributed by atoms with Gasteiger partial charge in [-0.15, -0.1) is 0 Å². The van der Waals surface area contributed by atoms with E-state index in [1.54, 1.807) is 14.2 Å². The van der Waals surface area contributed by atoms with Crippen LogP contribution in [-0.4, -0.2) is 57.0 Å². The molecule has 84 valence electrons. The van der Waals surface area contributed by atoms with Crippen molar-refractivity contribution < 1.29 is 9.47 Å². The molecule has 3 unspecified atom stereocenters. The first kappa shape index (κ1) is 11.9. The largest absolute Gasteiger partial charge is 0.377 e. The maximum atomic E-state index is 5.54. The second-order valence-electron chi connectivity index (χ2n) is 3.93. The molecule has 1 aliphatic rings. The molecule has 4 heteroatoms. The highest BCUT2D eigenvalue weighted by Crippen LogP contribution is 2.18. The van der Waals surface area contributed by atoms with E-state index in [4.69, 9.17) is 15.2 Å². The smallest absolute Gasteiger partial charge is 0.0971 e. The van der Waals surface area contributed by atoms with E-state index in [9.17, 15) is 0 Å². The lowest BCUT2D eigenvalue weighted by Crippen LogP contribution is -2.33. The molecule has 1 rings (SSSR count). The van der Waals surface area contributed by atoms with Crippen LogP contribution in [0.5, 0.6) is 0 Å². The lowest BCUT2D eigenvalue weighted by Gasteiger charge is -2.23. The minimum Gasteiger partial charge on any atom is -0.377 e. The van der Waals surface area contributed by atoms with Gasteiger partial charge in [-0.3, -0.25) is 4.90 Å². The fraction of sp³-hybridized carbons (Fsp3) is 1.00. The maximum absolute atomic E-state index is 5.54. The summed E-state index contributed by atoms with van der Waals surface area (Å²) in [5.41, 5.74) is 5.54. The Kier molecular flexibility index (Phi) is 4.81. The Morgan fingerprint density at radius 3 is 2.14 bits per heavy atom. The van der Waals surface area contributed by atoms with Crippen LogP contribution >= 0.6 is 0 Å². The molecule has 2 N–H and O–H groups in total. The lowest BCUT2D eigenvalue weighted by atomic mass is 10.2. The van der Waals surface area contributed by atoms with E-state index in [1.807, 2.05) is 0 Å². The van der Waals surface area contributed by atoms with E-state index in [2.05, 4.69) is 11.8 Å². The van der Waals surface area contributed by atoms with Crippen molar-refractivity contribution in [1.29, 1.82) is 0 Å². The van der Waals surface area contributed by atoms with Crippen molar-refractivity contribution in [1.82, 2.24) is 4.90 Å². The first-order valence-electron chi connectivity index (χ1n) is 5.22. The van der Waals surface area contributed by atoms with Crippen molar-refractivity contribution in [3.8, 4) is 0 Å². The van der Waals surface area contributed by atoms with Crippen LogP contribution < -0.4 is 5.73 Å². The highest BCUT2D eigenvalue weighted by molar-refractivity contribution is 4.88. The summed E-state index contributed by atoms with van der Waals surface area (Å²) in [7, 11) is 3.49. The van der Waals surface area contributed by atoms with E-state index in [1.165, 1.54) is 0 Å². The van der Waals surface area contributed by atoms with E-state index < -0.39 is 0 Å². The molecular formula is C10H22N2O2. The highest BCUT2D eigenvalue weighted by Gasteiger charge is 2.34. The summed E-state index contributed by atoms with van der Waals surface area (Å²) in [5.74, 6) is 0. The summed E-state index contributed by atoms with van der Waals surface area (Å²) >= 11 is 0. The summed E-state index contributed by atoms with van der Waals surface area (Å²) < 4.78 is 10.8. The zero-order chi connectivity index (χ0) is 10.6. The van der Waals surface area contributed by atoms with Crippen LogP contribution in [0.15, 0.2) is 0 Å². The Balaban J connectivity index is 2.43. The van der Waals surface area contributed by atoms with Crippen molar-refractivity contribution in [2.45, 2.75) is 31.6 Å². The molecule has 0 saturated carbocycles. The first-order valence-corrected chi connectivity index (χ1v) is 5.22. The monoisotopic (exact) mass is 202 g/mol. The molecule has 0 spiro atoms. The van der Waals surface area contributed by atoms with Crippen LogP contribution in [0.25, 0.3) is 0 Å². The Labute approximate surface area is 86.3 Å². The van der Waals surface area contributed by atoms with Crippen LogP contribution in [0.2, 0.25) is 0 Å². The molecule has 0 aliphatic carbocycles. The number of hydrogen-bond acceptors (Lipinski definition) is 4. The van der Waals surface area contributed by atoms with E-state index in [0.29, 0.717) is 6.04 Å². The van der Waals surface area contributed by atoms with Crippen molar-refractivity contribution in [2.24, 2.45) is 5.73 Å². The second-order valence-corrected chi connectivity index (χ2v) is 3.93. The molecule has 14 heavy (non-hydrogen) atoms. The number of hydrogen-bond donors (Lipinski definition) is 1. The fourth-order valence-electron chi connectivity index (χ4n) is 2.01. The molecule has 0 aromatic heterocycles. The van der Waals surface area contributed by atoms with Gasteiger partial charge >= 0.3 is 0 Å².